The van der Waals surface area contributed by atoms with Gasteiger partial charge >= 0.3 is 0 Å². The first-order chi connectivity index (χ1) is 6.23. The number of nitrogens with one attached hydrogen (secondary N) is 1. The Bertz CT molecular complexity index is 209. The minimum absolute atomic E-state index is 0.117. The summed E-state index contributed by atoms with van der Waals surface area (Å²) in [7, 11) is 0. The molecule has 1 aliphatic carbocycles. The lowest BCUT2D eigenvalue weighted by Crippen LogP contribution is -2.58. The van der Waals surface area contributed by atoms with Crippen molar-refractivity contribution in [2.45, 2.75) is 50.7 Å². The van der Waals surface area contributed by atoms with E-state index in [2.05, 4.69) is 5.32 Å². The molecule has 3 heteroatoms. The lowest BCUT2D eigenvalue weighted by Gasteiger charge is -2.40. The van der Waals surface area contributed by atoms with Crippen molar-refractivity contribution >= 4 is 5.91 Å². The number of amides is 1. The van der Waals surface area contributed by atoms with Gasteiger partial charge in [0.2, 0.25) is 0 Å². The van der Waals surface area contributed by atoms with Crippen LogP contribution in [0.3, 0.4) is 0 Å². The van der Waals surface area contributed by atoms with Crippen LogP contribution < -0.4 is 5.32 Å². The van der Waals surface area contributed by atoms with E-state index in [1.54, 1.807) is 0 Å². The van der Waals surface area contributed by atoms with Crippen molar-refractivity contribution in [1.82, 2.24) is 5.32 Å². The Morgan fingerprint density at radius 2 is 2.08 bits per heavy atom. The minimum Gasteiger partial charge on any atom is -0.363 e. The quantitative estimate of drug-likeness (QED) is 0.613. The highest BCUT2D eigenvalue weighted by Crippen LogP contribution is 2.33. The fourth-order valence-electron chi connectivity index (χ4n) is 2.24. The summed E-state index contributed by atoms with van der Waals surface area (Å²) in [6, 6.07) is 0.181. The molecule has 1 amide bonds. The first-order valence-electron chi connectivity index (χ1n) is 5.18. The van der Waals surface area contributed by atoms with Crippen molar-refractivity contribution < 1.29 is 9.53 Å². The zero-order chi connectivity index (χ0) is 9.31. The van der Waals surface area contributed by atoms with E-state index < -0.39 is 5.60 Å². The van der Waals surface area contributed by atoms with Crippen LogP contribution in [0.25, 0.3) is 0 Å². The summed E-state index contributed by atoms with van der Waals surface area (Å²) in [5, 5.41) is 2.98. The van der Waals surface area contributed by atoms with Crippen molar-refractivity contribution in [2.24, 2.45) is 0 Å². The molecule has 2 fully saturated rings. The van der Waals surface area contributed by atoms with Crippen LogP contribution in [-0.2, 0) is 9.53 Å². The zero-order valence-corrected chi connectivity index (χ0v) is 8.14. The van der Waals surface area contributed by atoms with Crippen molar-refractivity contribution in [2.75, 3.05) is 6.61 Å². The van der Waals surface area contributed by atoms with Crippen LogP contribution in [0.1, 0.15) is 39.0 Å². The Morgan fingerprint density at radius 3 is 2.69 bits per heavy atom. The van der Waals surface area contributed by atoms with Crippen LogP contribution in [0, 0.1) is 0 Å². The van der Waals surface area contributed by atoms with Gasteiger partial charge in [0.15, 0.2) is 0 Å². The average molecular weight is 183 g/mol. The third-order valence-corrected chi connectivity index (χ3v) is 3.06. The van der Waals surface area contributed by atoms with Crippen LogP contribution in [0.5, 0.6) is 0 Å². The van der Waals surface area contributed by atoms with E-state index in [9.17, 15) is 4.79 Å². The summed E-state index contributed by atoms with van der Waals surface area (Å²) in [6.45, 7) is 2.65. The molecule has 1 atom stereocenters. The Hall–Kier alpha value is -0.570. The highest BCUT2D eigenvalue weighted by atomic mass is 16.5. The molecule has 1 N–H and O–H groups in total. The van der Waals surface area contributed by atoms with Gasteiger partial charge in [-0.3, -0.25) is 4.79 Å². The minimum atomic E-state index is -0.454. The van der Waals surface area contributed by atoms with Gasteiger partial charge in [0, 0.05) is 6.04 Å². The first kappa shape index (κ1) is 9.00. The van der Waals surface area contributed by atoms with E-state index in [1.807, 2.05) is 6.92 Å². The highest BCUT2D eigenvalue weighted by molar-refractivity contribution is 5.86. The normalized spacial score (nSPS) is 33.0. The molecular weight excluding hydrogens is 166 g/mol. The molecule has 74 valence electrons. The molecule has 1 heterocycles. The second-order valence-corrected chi connectivity index (χ2v) is 4.24. The zero-order valence-electron chi connectivity index (χ0n) is 8.14. The van der Waals surface area contributed by atoms with Crippen molar-refractivity contribution in [1.29, 1.82) is 0 Å². The molecular formula is C10H17NO2. The summed E-state index contributed by atoms with van der Waals surface area (Å²) in [6.07, 6.45) is 5.31. The number of rotatable bonds is 0. The predicted octanol–water partition coefficient (Wildman–Crippen LogP) is 1.22. The third kappa shape index (κ3) is 1.57. The maximum absolute atomic E-state index is 11.7. The van der Waals surface area contributed by atoms with Crippen LogP contribution in [0.4, 0.5) is 0 Å². The van der Waals surface area contributed by atoms with Gasteiger partial charge in [-0.05, 0) is 19.8 Å². The molecule has 0 aromatic carbocycles. The molecule has 0 aromatic rings. The summed E-state index contributed by atoms with van der Waals surface area (Å²) >= 11 is 0. The fourth-order valence-corrected chi connectivity index (χ4v) is 2.24. The predicted molar refractivity (Wildman–Crippen MR) is 49.4 cm³/mol. The molecule has 13 heavy (non-hydrogen) atoms. The number of morpholine rings is 1. The number of hydrogen-bond donors (Lipinski definition) is 1. The third-order valence-electron chi connectivity index (χ3n) is 3.06. The SMILES string of the molecule is CC1COC2(CCCCC2)C(=O)N1. The molecule has 0 radical (unpaired) electrons. The maximum atomic E-state index is 11.7. The topological polar surface area (TPSA) is 38.3 Å². The molecule has 1 saturated heterocycles. The number of carbonyl (C=O) groups excluding carboxylic acids is 1. The smallest absolute Gasteiger partial charge is 0.252 e. The van der Waals surface area contributed by atoms with Gasteiger partial charge in [-0.1, -0.05) is 19.3 Å². The molecule has 1 saturated carbocycles. The monoisotopic (exact) mass is 183 g/mol. The number of hydrogen-bond acceptors (Lipinski definition) is 2. The first-order valence-corrected chi connectivity index (χ1v) is 5.18. The van der Waals surface area contributed by atoms with E-state index in [4.69, 9.17) is 4.74 Å². The average Bonchev–Trinajstić information content (AvgIpc) is 2.14. The number of ether oxygens (including phenoxy) is 1. The largest absolute Gasteiger partial charge is 0.363 e. The summed E-state index contributed by atoms with van der Waals surface area (Å²) < 4.78 is 5.72. The van der Waals surface area contributed by atoms with Crippen molar-refractivity contribution in [3.8, 4) is 0 Å². The van der Waals surface area contributed by atoms with E-state index in [1.165, 1.54) is 6.42 Å². The van der Waals surface area contributed by atoms with Gasteiger partial charge in [0.1, 0.15) is 5.60 Å². The van der Waals surface area contributed by atoms with E-state index in [-0.39, 0.29) is 11.9 Å². The van der Waals surface area contributed by atoms with Gasteiger partial charge in [0.05, 0.1) is 6.61 Å². The van der Waals surface area contributed by atoms with Gasteiger partial charge in [-0.2, -0.15) is 0 Å². The van der Waals surface area contributed by atoms with Gasteiger partial charge in [0.25, 0.3) is 5.91 Å². The lowest BCUT2D eigenvalue weighted by atomic mass is 9.83. The van der Waals surface area contributed by atoms with E-state index in [0.29, 0.717) is 6.61 Å². The van der Waals surface area contributed by atoms with E-state index >= 15 is 0 Å². The molecule has 0 aromatic heterocycles. The molecule has 3 nitrogen and oxygen atoms in total. The van der Waals surface area contributed by atoms with Crippen LogP contribution in [0.2, 0.25) is 0 Å². The second-order valence-electron chi connectivity index (χ2n) is 4.24. The van der Waals surface area contributed by atoms with Crippen LogP contribution in [0.15, 0.2) is 0 Å². The van der Waals surface area contributed by atoms with E-state index in [0.717, 1.165) is 25.7 Å². The lowest BCUT2D eigenvalue weighted by molar-refractivity contribution is -0.163. The van der Waals surface area contributed by atoms with Crippen molar-refractivity contribution in [3.05, 3.63) is 0 Å². The molecule has 1 spiro atoms. The number of carbonyl (C=O) groups is 1. The van der Waals surface area contributed by atoms with Gasteiger partial charge < -0.3 is 10.1 Å². The molecule has 1 aliphatic heterocycles. The molecule has 2 rings (SSSR count). The Labute approximate surface area is 78.8 Å². The van der Waals surface area contributed by atoms with Crippen LogP contribution in [-0.4, -0.2) is 24.2 Å². The van der Waals surface area contributed by atoms with Crippen molar-refractivity contribution in [3.63, 3.8) is 0 Å². The summed E-state index contributed by atoms with van der Waals surface area (Å²) in [4.78, 5) is 11.7. The fraction of sp³-hybridized carbons (Fsp3) is 0.900. The summed E-state index contributed by atoms with van der Waals surface area (Å²) in [5.74, 6) is 0.117. The Kier molecular flexibility index (Phi) is 2.28. The molecule has 0 bridgehead atoms. The van der Waals surface area contributed by atoms with Gasteiger partial charge in [-0.25, -0.2) is 0 Å². The second kappa shape index (κ2) is 3.29. The Morgan fingerprint density at radius 1 is 1.38 bits per heavy atom. The highest BCUT2D eigenvalue weighted by Gasteiger charge is 2.43. The Balaban J connectivity index is 2.08. The standard InChI is InChI=1S/C10H17NO2/c1-8-7-13-10(9(12)11-8)5-3-2-4-6-10/h8H,2-7H2,1H3,(H,11,12). The van der Waals surface area contributed by atoms with Gasteiger partial charge in [-0.15, -0.1) is 0 Å². The van der Waals surface area contributed by atoms with Crippen LogP contribution >= 0.6 is 0 Å². The molecule has 1 unspecified atom stereocenters. The molecule has 2 aliphatic rings. The maximum Gasteiger partial charge on any atom is 0.252 e. The summed E-state index contributed by atoms with van der Waals surface area (Å²) in [5.41, 5.74) is -0.454.